The number of hydrogen-bond donors (Lipinski definition) is 3. The summed E-state index contributed by atoms with van der Waals surface area (Å²) in [6, 6.07) is 6.28. The quantitative estimate of drug-likeness (QED) is 0.729. The molecule has 0 radical (unpaired) electrons. The summed E-state index contributed by atoms with van der Waals surface area (Å²) < 4.78 is 0. The minimum absolute atomic E-state index is 0.288. The fourth-order valence-corrected chi connectivity index (χ4v) is 1.83. The molecule has 1 rings (SSSR count). The van der Waals surface area contributed by atoms with Crippen molar-refractivity contribution in [1.29, 1.82) is 0 Å². The number of benzene rings is 1. The first-order valence-electron chi connectivity index (χ1n) is 5.65. The summed E-state index contributed by atoms with van der Waals surface area (Å²) in [5.74, 6) is 0. The third-order valence-corrected chi connectivity index (χ3v) is 2.83. The molecule has 2 amide bonds. The van der Waals surface area contributed by atoms with E-state index in [0.717, 1.165) is 12.8 Å². The summed E-state index contributed by atoms with van der Waals surface area (Å²) in [6.07, 6.45) is 1.61. The van der Waals surface area contributed by atoms with Gasteiger partial charge in [0.05, 0.1) is 11.0 Å². The average molecular weight is 286 g/mol. The zero-order valence-electron chi connectivity index (χ0n) is 10.1. The normalized spacial score (nSPS) is 11.7. The van der Waals surface area contributed by atoms with E-state index in [1.807, 2.05) is 6.92 Å². The molecule has 0 fully saturated rings. The molecule has 0 heterocycles. The summed E-state index contributed by atoms with van der Waals surface area (Å²) >= 11 is 10.7. The second-order valence-corrected chi connectivity index (χ2v) is 4.76. The Morgan fingerprint density at radius 2 is 2.28 bits per heavy atom. The second-order valence-electron chi connectivity index (χ2n) is 3.85. The van der Waals surface area contributed by atoms with E-state index in [0.29, 0.717) is 10.7 Å². The molecule has 1 aromatic rings. The van der Waals surface area contributed by atoms with Gasteiger partial charge in [-0.1, -0.05) is 43.2 Å². The number of thiocarbonyl (C=S) groups is 1. The van der Waals surface area contributed by atoms with E-state index in [9.17, 15) is 4.79 Å². The number of carbonyl (C=O) groups is 1. The van der Waals surface area contributed by atoms with Crippen LogP contribution in [0.4, 0.5) is 10.5 Å². The van der Waals surface area contributed by atoms with E-state index in [4.69, 9.17) is 29.6 Å². The van der Waals surface area contributed by atoms with Gasteiger partial charge in [-0.25, -0.2) is 4.79 Å². The topological polar surface area (TPSA) is 67.2 Å². The molecule has 18 heavy (non-hydrogen) atoms. The Balaban J connectivity index is 2.57. The SMILES string of the molecule is CCCC(NC(=O)Nc1cccc(Cl)c1)C(N)=S. The zero-order valence-corrected chi connectivity index (χ0v) is 11.6. The van der Waals surface area contributed by atoms with Crippen molar-refractivity contribution in [2.75, 3.05) is 5.32 Å². The highest BCUT2D eigenvalue weighted by Gasteiger charge is 2.13. The van der Waals surface area contributed by atoms with E-state index < -0.39 is 0 Å². The Labute approximate surface area is 117 Å². The van der Waals surface area contributed by atoms with Crippen LogP contribution in [0.2, 0.25) is 5.02 Å². The van der Waals surface area contributed by atoms with Gasteiger partial charge < -0.3 is 16.4 Å². The van der Waals surface area contributed by atoms with Crippen molar-refractivity contribution in [2.24, 2.45) is 5.73 Å². The lowest BCUT2D eigenvalue weighted by atomic mass is 10.2. The summed E-state index contributed by atoms with van der Waals surface area (Å²) in [6.45, 7) is 2.00. The number of rotatable bonds is 5. The lowest BCUT2D eigenvalue weighted by Crippen LogP contribution is -2.45. The largest absolute Gasteiger partial charge is 0.392 e. The molecular weight excluding hydrogens is 270 g/mol. The summed E-state index contributed by atoms with van der Waals surface area (Å²) in [5, 5.41) is 5.97. The van der Waals surface area contributed by atoms with E-state index in [1.54, 1.807) is 24.3 Å². The van der Waals surface area contributed by atoms with Gasteiger partial charge in [0, 0.05) is 10.7 Å². The molecule has 1 unspecified atom stereocenters. The minimum Gasteiger partial charge on any atom is -0.392 e. The van der Waals surface area contributed by atoms with E-state index in [1.165, 1.54) is 0 Å². The highest BCUT2D eigenvalue weighted by Crippen LogP contribution is 2.14. The summed E-state index contributed by atoms with van der Waals surface area (Å²) in [7, 11) is 0. The number of carbonyl (C=O) groups excluding carboxylic acids is 1. The maximum atomic E-state index is 11.7. The smallest absolute Gasteiger partial charge is 0.319 e. The fourth-order valence-electron chi connectivity index (χ4n) is 1.47. The first-order valence-corrected chi connectivity index (χ1v) is 6.44. The molecule has 4 N–H and O–H groups in total. The average Bonchev–Trinajstić information content (AvgIpc) is 2.28. The van der Waals surface area contributed by atoms with Crippen LogP contribution in [0, 0.1) is 0 Å². The van der Waals surface area contributed by atoms with Crippen molar-refractivity contribution in [1.82, 2.24) is 5.32 Å². The van der Waals surface area contributed by atoms with Crippen molar-refractivity contribution in [3.8, 4) is 0 Å². The van der Waals surface area contributed by atoms with Crippen molar-refractivity contribution < 1.29 is 4.79 Å². The van der Waals surface area contributed by atoms with Crippen LogP contribution >= 0.6 is 23.8 Å². The number of nitrogens with one attached hydrogen (secondary N) is 2. The molecule has 1 aromatic carbocycles. The Hall–Kier alpha value is -1.33. The molecule has 0 aliphatic carbocycles. The maximum Gasteiger partial charge on any atom is 0.319 e. The van der Waals surface area contributed by atoms with Crippen molar-refractivity contribution in [3.63, 3.8) is 0 Å². The van der Waals surface area contributed by atoms with Gasteiger partial charge in [-0.3, -0.25) is 0 Å². The summed E-state index contributed by atoms with van der Waals surface area (Å²) in [5.41, 5.74) is 6.18. The number of anilines is 1. The first-order chi connectivity index (χ1) is 8.52. The van der Waals surface area contributed by atoms with Crippen LogP contribution in [0.25, 0.3) is 0 Å². The third-order valence-electron chi connectivity index (χ3n) is 2.31. The van der Waals surface area contributed by atoms with Crippen LogP contribution in [-0.2, 0) is 0 Å². The zero-order chi connectivity index (χ0) is 13.5. The molecule has 4 nitrogen and oxygen atoms in total. The third kappa shape index (κ3) is 4.89. The molecular formula is C12H16ClN3OS. The Bertz CT molecular complexity index is 439. The molecule has 1 atom stereocenters. The predicted molar refractivity (Wildman–Crippen MR) is 79.1 cm³/mol. The van der Waals surface area contributed by atoms with Crippen molar-refractivity contribution in [3.05, 3.63) is 29.3 Å². The van der Waals surface area contributed by atoms with Gasteiger partial charge in [-0.15, -0.1) is 0 Å². The number of hydrogen-bond acceptors (Lipinski definition) is 2. The van der Waals surface area contributed by atoms with Gasteiger partial charge in [0.1, 0.15) is 0 Å². The van der Waals surface area contributed by atoms with Gasteiger partial charge in [0.15, 0.2) is 0 Å². The second kappa shape index (κ2) is 7.18. The van der Waals surface area contributed by atoms with Crippen molar-refractivity contribution >= 4 is 40.5 Å². The monoisotopic (exact) mass is 285 g/mol. The fraction of sp³-hybridized carbons (Fsp3) is 0.333. The standard InChI is InChI=1S/C12H16ClN3OS/c1-2-4-10(11(14)18)16-12(17)15-9-6-3-5-8(13)7-9/h3,5-7,10H,2,4H2,1H3,(H2,14,18)(H2,15,16,17). The van der Waals surface area contributed by atoms with Gasteiger partial charge >= 0.3 is 6.03 Å². The van der Waals surface area contributed by atoms with Crippen LogP contribution in [0.1, 0.15) is 19.8 Å². The molecule has 98 valence electrons. The molecule has 0 saturated carbocycles. The molecule has 6 heteroatoms. The van der Waals surface area contributed by atoms with Crippen LogP contribution in [-0.4, -0.2) is 17.1 Å². The van der Waals surface area contributed by atoms with Crippen LogP contribution in [0.5, 0.6) is 0 Å². The molecule has 0 spiro atoms. The Kier molecular flexibility index (Phi) is 5.88. The highest BCUT2D eigenvalue weighted by atomic mass is 35.5. The number of amides is 2. The number of urea groups is 1. The molecule has 0 aromatic heterocycles. The molecule has 0 aliphatic rings. The Morgan fingerprint density at radius 3 is 2.83 bits per heavy atom. The van der Waals surface area contributed by atoms with Crippen molar-refractivity contribution in [2.45, 2.75) is 25.8 Å². The van der Waals surface area contributed by atoms with Gasteiger partial charge in [0.2, 0.25) is 0 Å². The van der Waals surface area contributed by atoms with Crippen LogP contribution < -0.4 is 16.4 Å². The summed E-state index contributed by atoms with van der Waals surface area (Å²) in [4.78, 5) is 12.0. The predicted octanol–water partition coefficient (Wildman–Crippen LogP) is 2.92. The van der Waals surface area contributed by atoms with Gasteiger partial charge in [0.25, 0.3) is 0 Å². The van der Waals surface area contributed by atoms with Gasteiger partial charge in [-0.2, -0.15) is 0 Å². The maximum absolute atomic E-state index is 11.7. The van der Waals surface area contributed by atoms with Crippen LogP contribution in [0.3, 0.4) is 0 Å². The minimum atomic E-state index is -0.344. The molecule has 0 saturated heterocycles. The first kappa shape index (κ1) is 14.7. The van der Waals surface area contributed by atoms with E-state index in [2.05, 4.69) is 10.6 Å². The van der Waals surface area contributed by atoms with Crippen LogP contribution in [0.15, 0.2) is 24.3 Å². The van der Waals surface area contributed by atoms with Gasteiger partial charge in [-0.05, 0) is 24.6 Å². The van der Waals surface area contributed by atoms with E-state index in [-0.39, 0.29) is 17.1 Å². The Morgan fingerprint density at radius 1 is 1.56 bits per heavy atom. The number of halogens is 1. The lowest BCUT2D eigenvalue weighted by Gasteiger charge is -2.17. The van der Waals surface area contributed by atoms with E-state index >= 15 is 0 Å². The highest BCUT2D eigenvalue weighted by molar-refractivity contribution is 7.80. The lowest BCUT2D eigenvalue weighted by molar-refractivity contribution is 0.250. The number of nitrogens with two attached hydrogens (primary N) is 1. The molecule has 0 aliphatic heterocycles. The molecule has 0 bridgehead atoms.